The van der Waals surface area contributed by atoms with Crippen molar-refractivity contribution in [1.29, 1.82) is 0 Å². The maximum Gasteiger partial charge on any atom is 0.338 e. The lowest BCUT2D eigenvalue weighted by Crippen LogP contribution is -2.26. The van der Waals surface area contributed by atoms with Crippen LogP contribution in [-0.4, -0.2) is 33.9 Å². The van der Waals surface area contributed by atoms with E-state index in [9.17, 15) is 18.0 Å². The van der Waals surface area contributed by atoms with Gasteiger partial charge in [0.25, 0.3) is 15.9 Å². The van der Waals surface area contributed by atoms with Crippen LogP contribution in [0.2, 0.25) is 0 Å². The van der Waals surface area contributed by atoms with Crippen LogP contribution in [0, 0.1) is 0 Å². The molecule has 3 aromatic carbocycles. The molecule has 0 aliphatic heterocycles. The third-order valence-corrected chi connectivity index (χ3v) is 6.29. The Hall–Kier alpha value is -3.65. The lowest BCUT2D eigenvalue weighted by Gasteiger charge is -2.19. The second kappa shape index (κ2) is 9.44. The Bertz CT molecular complexity index is 1190. The normalized spacial score (nSPS) is 10.9. The smallest absolute Gasteiger partial charge is 0.338 e. The molecule has 0 heterocycles. The van der Waals surface area contributed by atoms with E-state index in [1.165, 1.54) is 37.4 Å². The van der Waals surface area contributed by atoms with Gasteiger partial charge in [0, 0.05) is 18.3 Å². The highest BCUT2D eigenvalue weighted by molar-refractivity contribution is 7.92. The molecular formula is C23H22N2O5S. The highest BCUT2D eigenvalue weighted by atomic mass is 32.2. The largest absolute Gasteiger partial charge is 0.462 e. The molecule has 0 saturated carbocycles. The second-order valence-corrected chi connectivity index (χ2v) is 8.56. The van der Waals surface area contributed by atoms with E-state index in [1.54, 1.807) is 55.5 Å². The summed E-state index contributed by atoms with van der Waals surface area (Å²) in [5.41, 5.74) is 1.38. The van der Waals surface area contributed by atoms with E-state index in [2.05, 4.69) is 5.32 Å². The summed E-state index contributed by atoms with van der Waals surface area (Å²) < 4.78 is 32.1. The minimum Gasteiger partial charge on any atom is -0.462 e. The molecular weight excluding hydrogens is 416 g/mol. The zero-order valence-electron chi connectivity index (χ0n) is 17.1. The molecule has 0 aliphatic carbocycles. The van der Waals surface area contributed by atoms with E-state index < -0.39 is 21.9 Å². The van der Waals surface area contributed by atoms with Gasteiger partial charge in [-0.2, -0.15) is 0 Å². The number of nitrogens with zero attached hydrogens (tertiary/aromatic N) is 1. The molecule has 0 atom stereocenters. The number of para-hydroxylation sites is 1. The predicted molar refractivity (Wildman–Crippen MR) is 119 cm³/mol. The Morgan fingerprint density at radius 2 is 1.58 bits per heavy atom. The van der Waals surface area contributed by atoms with Gasteiger partial charge >= 0.3 is 5.97 Å². The number of esters is 1. The van der Waals surface area contributed by atoms with Crippen molar-refractivity contribution in [1.82, 2.24) is 0 Å². The number of benzene rings is 3. The van der Waals surface area contributed by atoms with Crippen LogP contribution in [0.1, 0.15) is 27.6 Å². The van der Waals surface area contributed by atoms with Crippen LogP contribution in [-0.2, 0) is 14.8 Å². The van der Waals surface area contributed by atoms with E-state index in [4.69, 9.17) is 4.74 Å². The predicted octanol–water partition coefficient (Wildman–Crippen LogP) is 3.94. The first-order valence-electron chi connectivity index (χ1n) is 9.55. The van der Waals surface area contributed by atoms with Crippen molar-refractivity contribution in [2.75, 3.05) is 23.3 Å². The van der Waals surface area contributed by atoms with E-state index in [0.717, 1.165) is 4.31 Å². The van der Waals surface area contributed by atoms with Gasteiger partial charge in [0.1, 0.15) is 0 Å². The summed E-state index contributed by atoms with van der Waals surface area (Å²) in [6.07, 6.45) is 0. The minimum absolute atomic E-state index is 0.00761. The monoisotopic (exact) mass is 438 g/mol. The summed E-state index contributed by atoms with van der Waals surface area (Å²) in [5, 5.41) is 2.68. The first kappa shape index (κ1) is 22.0. The van der Waals surface area contributed by atoms with Gasteiger partial charge in [-0.25, -0.2) is 13.2 Å². The molecule has 3 rings (SSSR count). The Balaban J connectivity index is 1.82. The SMILES string of the molecule is CCOC(=O)c1cccc(NC(=O)c2cccc(S(=O)(=O)N(C)c3ccccc3)c2)c1. The number of carbonyl (C=O) groups excluding carboxylic acids is 2. The number of sulfonamides is 1. The zero-order chi connectivity index (χ0) is 22.4. The molecule has 0 fully saturated rings. The van der Waals surface area contributed by atoms with Gasteiger partial charge in [-0.1, -0.05) is 30.3 Å². The van der Waals surface area contributed by atoms with Gasteiger partial charge < -0.3 is 10.1 Å². The molecule has 8 heteroatoms. The number of ether oxygens (including phenoxy) is 1. The van der Waals surface area contributed by atoms with Gasteiger partial charge in [0.05, 0.1) is 22.8 Å². The fourth-order valence-corrected chi connectivity index (χ4v) is 4.12. The van der Waals surface area contributed by atoms with Crippen LogP contribution >= 0.6 is 0 Å². The van der Waals surface area contributed by atoms with E-state index in [0.29, 0.717) is 16.9 Å². The van der Waals surface area contributed by atoms with E-state index in [-0.39, 0.29) is 17.1 Å². The molecule has 0 aliphatic rings. The lowest BCUT2D eigenvalue weighted by atomic mass is 10.1. The Morgan fingerprint density at radius 3 is 2.29 bits per heavy atom. The fraction of sp³-hybridized carbons (Fsp3) is 0.130. The van der Waals surface area contributed by atoms with Crippen LogP contribution < -0.4 is 9.62 Å². The zero-order valence-corrected chi connectivity index (χ0v) is 17.9. The molecule has 1 N–H and O–H groups in total. The average Bonchev–Trinajstić information content (AvgIpc) is 2.79. The van der Waals surface area contributed by atoms with Crippen LogP contribution in [0.25, 0.3) is 0 Å². The van der Waals surface area contributed by atoms with Gasteiger partial charge in [0.2, 0.25) is 0 Å². The number of hydrogen-bond donors (Lipinski definition) is 1. The Labute approximate surface area is 181 Å². The molecule has 0 bridgehead atoms. The fourth-order valence-electron chi connectivity index (χ4n) is 2.87. The average molecular weight is 439 g/mol. The highest BCUT2D eigenvalue weighted by Crippen LogP contribution is 2.23. The molecule has 31 heavy (non-hydrogen) atoms. The highest BCUT2D eigenvalue weighted by Gasteiger charge is 2.22. The van der Waals surface area contributed by atoms with Crippen LogP contribution in [0.3, 0.4) is 0 Å². The van der Waals surface area contributed by atoms with Gasteiger partial charge in [-0.05, 0) is 55.5 Å². The summed E-state index contributed by atoms with van der Waals surface area (Å²) in [7, 11) is -2.40. The first-order chi connectivity index (χ1) is 14.8. The summed E-state index contributed by atoms with van der Waals surface area (Å²) >= 11 is 0. The molecule has 0 unspecified atom stereocenters. The van der Waals surface area contributed by atoms with Crippen molar-refractivity contribution in [2.24, 2.45) is 0 Å². The molecule has 160 valence electrons. The van der Waals surface area contributed by atoms with Crippen molar-refractivity contribution < 1.29 is 22.7 Å². The van der Waals surface area contributed by atoms with Crippen molar-refractivity contribution in [2.45, 2.75) is 11.8 Å². The lowest BCUT2D eigenvalue weighted by molar-refractivity contribution is 0.0526. The van der Waals surface area contributed by atoms with Crippen molar-refractivity contribution >= 4 is 33.3 Å². The third-order valence-electron chi connectivity index (χ3n) is 4.51. The van der Waals surface area contributed by atoms with Crippen molar-refractivity contribution in [3.05, 3.63) is 90.0 Å². The van der Waals surface area contributed by atoms with E-state index in [1.807, 2.05) is 0 Å². The molecule has 1 amide bonds. The van der Waals surface area contributed by atoms with Gasteiger partial charge in [-0.3, -0.25) is 9.10 Å². The van der Waals surface area contributed by atoms with Gasteiger partial charge in [0.15, 0.2) is 0 Å². The molecule has 0 radical (unpaired) electrons. The number of carbonyl (C=O) groups is 2. The summed E-state index contributed by atoms with van der Waals surface area (Å²) in [6.45, 7) is 1.95. The second-order valence-electron chi connectivity index (χ2n) is 6.59. The van der Waals surface area contributed by atoms with Crippen molar-refractivity contribution in [3.8, 4) is 0 Å². The molecule has 0 aromatic heterocycles. The quantitative estimate of drug-likeness (QED) is 0.564. The number of anilines is 2. The van der Waals surface area contributed by atoms with E-state index >= 15 is 0 Å². The van der Waals surface area contributed by atoms with Crippen LogP contribution in [0.4, 0.5) is 11.4 Å². The standard InChI is InChI=1S/C23H22N2O5S/c1-3-30-23(27)18-10-7-11-19(15-18)24-22(26)17-9-8-14-21(16-17)31(28,29)25(2)20-12-5-4-6-13-20/h4-16H,3H2,1-2H3,(H,24,26). The van der Waals surface area contributed by atoms with Crippen LogP contribution in [0.5, 0.6) is 0 Å². The maximum absolute atomic E-state index is 13.0. The molecule has 0 saturated heterocycles. The molecule has 3 aromatic rings. The minimum atomic E-state index is -3.85. The number of nitrogens with one attached hydrogen (secondary N) is 1. The molecule has 7 nitrogen and oxygen atoms in total. The first-order valence-corrected chi connectivity index (χ1v) is 11.0. The Morgan fingerprint density at radius 1 is 0.903 bits per heavy atom. The number of rotatable bonds is 7. The van der Waals surface area contributed by atoms with Crippen molar-refractivity contribution in [3.63, 3.8) is 0 Å². The number of amides is 1. The Kier molecular flexibility index (Phi) is 6.71. The summed E-state index contributed by atoms with van der Waals surface area (Å²) in [5.74, 6) is -0.990. The summed E-state index contributed by atoms with van der Waals surface area (Å²) in [4.78, 5) is 24.6. The third kappa shape index (κ3) is 5.10. The maximum atomic E-state index is 13.0. The van der Waals surface area contributed by atoms with Crippen LogP contribution in [0.15, 0.2) is 83.8 Å². The van der Waals surface area contributed by atoms with Gasteiger partial charge in [-0.15, -0.1) is 0 Å². The molecule has 0 spiro atoms. The summed E-state index contributed by atoms with van der Waals surface area (Å²) in [6, 6.07) is 20.8. The number of hydrogen-bond acceptors (Lipinski definition) is 5. The topological polar surface area (TPSA) is 92.8 Å².